The fourth-order valence-electron chi connectivity index (χ4n) is 2.57. The lowest BCUT2D eigenvalue weighted by atomic mass is 10.0. The Kier molecular flexibility index (Phi) is 6.49. The number of nitrogens with one attached hydrogen (secondary N) is 2. The van der Waals surface area contributed by atoms with E-state index in [0.717, 1.165) is 11.1 Å². The van der Waals surface area contributed by atoms with Gasteiger partial charge in [0.1, 0.15) is 0 Å². The zero-order valence-electron chi connectivity index (χ0n) is 14.8. The molecule has 136 valence electrons. The van der Waals surface area contributed by atoms with E-state index < -0.39 is 12.0 Å². The Morgan fingerprint density at radius 1 is 1.00 bits per heavy atom. The van der Waals surface area contributed by atoms with Crippen LogP contribution in [0.3, 0.4) is 0 Å². The monoisotopic (exact) mass is 354 g/mol. The Bertz CT molecular complexity index is 782. The molecule has 2 aromatic rings. The molecule has 1 unspecified atom stereocenters. The summed E-state index contributed by atoms with van der Waals surface area (Å²) in [6, 6.07) is 13.9. The molecule has 0 bridgehead atoms. The number of aliphatic carboxylic acids is 1. The van der Waals surface area contributed by atoms with Gasteiger partial charge in [-0.1, -0.05) is 42.0 Å². The average Bonchev–Trinajstić information content (AvgIpc) is 2.56. The van der Waals surface area contributed by atoms with E-state index in [-0.39, 0.29) is 24.7 Å². The summed E-state index contributed by atoms with van der Waals surface area (Å²) in [5.41, 5.74) is 3.19. The van der Waals surface area contributed by atoms with E-state index in [4.69, 9.17) is 5.11 Å². The maximum atomic E-state index is 12.4. The highest BCUT2D eigenvalue weighted by atomic mass is 16.4. The van der Waals surface area contributed by atoms with Gasteiger partial charge in [-0.3, -0.25) is 14.4 Å². The number of benzene rings is 2. The Hall–Kier alpha value is -3.15. The molecule has 0 aliphatic heterocycles. The molecule has 1 atom stereocenters. The minimum Gasteiger partial charge on any atom is -0.481 e. The summed E-state index contributed by atoms with van der Waals surface area (Å²) in [5.74, 6) is -1.35. The molecule has 2 aromatic carbocycles. The first-order valence-corrected chi connectivity index (χ1v) is 8.27. The molecule has 6 heteroatoms. The van der Waals surface area contributed by atoms with Crippen molar-refractivity contribution < 1.29 is 19.5 Å². The third-order valence-electron chi connectivity index (χ3n) is 3.84. The molecule has 0 saturated carbocycles. The van der Waals surface area contributed by atoms with Crippen molar-refractivity contribution in [1.82, 2.24) is 5.32 Å². The molecule has 0 aliphatic carbocycles. The van der Waals surface area contributed by atoms with Gasteiger partial charge in [-0.05, 0) is 30.2 Å². The first-order valence-electron chi connectivity index (χ1n) is 8.27. The number of anilines is 1. The fourth-order valence-corrected chi connectivity index (χ4v) is 2.57. The van der Waals surface area contributed by atoms with E-state index >= 15 is 0 Å². The molecule has 0 aromatic heterocycles. The topological polar surface area (TPSA) is 95.5 Å². The first-order chi connectivity index (χ1) is 12.3. The van der Waals surface area contributed by atoms with Crippen LogP contribution in [0.4, 0.5) is 5.69 Å². The maximum Gasteiger partial charge on any atom is 0.307 e. The van der Waals surface area contributed by atoms with Gasteiger partial charge in [-0.15, -0.1) is 0 Å². The predicted octanol–water partition coefficient (Wildman–Crippen LogP) is 2.83. The van der Waals surface area contributed by atoms with Crippen molar-refractivity contribution in [3.63, 3.8) is 0 Å². The summed E-state index contributed by atoms with van der Waals surface area (Å²) in [6.45, 7) is 3.39. The highest BCUT2D eigenvalue weighted by Crippen LogP contribution is 2.19. The smallest absolute Gasteiger partial charge is 0.307 e. The Balaban J connectivity index is 2.03. The molecule has 2 amide bonds. The van der Waals surface area contributed by atoms with Crippen LogP contribution in [0.5, 0.6) is 0 Å². The van der Waals surface area contributed by atoms with Crippen LogP contribution in [0.1, 0.15) is 36.1 Å². The van der Waals surface area contributed by atoms with E-state index in [2.05, 4.69) is 10.6 Å². The molecule has 6 nitrogen and oxygen atoms in total. The van der Waals surface area contributed by atoms with Crippen molar-refractivity contribution in [2.75, 3.05) is 5.32 Å². The number of rotatable bonds is 7. The van der Waals surface area contributed by atoms with Crippen LogP contribution in [0, 0.1) is 6.92 Å². The quantitative estimate of drug-likeness (QED) is 0.712. The molecule has 3 N–H and O–H groups in total. The average molecular weight is 354 g/mol. The second-order valence-corrected chi connectivity index (χ2v) is 6.18. The lowest BCUT2D eigenvalue weighted by molar-refractivity contribution is -0.136. The Morgan fingerprint density at radius 3 is 2.15 bits per heavy atom. The third kappa shape index (κ3) is 6.05. The number of amides is 2. The maximum absolute atomic E-state index is 12.4. The zero-order valence-corrected chi connectivity index (χ0v) is 14.8. The summed E-state index contributed by atoms with van der Waals surface area (Å²) < 4.78 is 0. The van der Waals surface area contributed by atoms with Gasteiger partial charge in [-0.2, -0.15) is 0 Å². The molecule has 0 spiro atoms. The van der Waals surface area contributed by atoms with E-state index in [1.54, 1.807) is 24.3 Å². The molecular formula is C20H22N2O4. The van der Waals surface area contributed by atoms with Crippen LogP contribution in [0.2, 0.25) is 0 Å². The normalized spacial score (nSPS) is 11.5. The molecule has 26 heavy (non-hydrogen) atoms. The SMILES string of the molecule is CC(=O)NC(CC(=O)Nc1ccc(CC(=O)O)cc1)c1ccc(C)cc1. The van der Waals surface area contributed by atoms with Gasteiger partial charge in [0.15, 0.2) is 0 Å². The highest BCUT2D eigenvalue weighted by Gasteiger charge is 2.17. The number of carbonyl (C=O) groups excluding carboxylic acids is 2. The summed E-state index contributed by atoms with van der Waals surface area (Å²) in [6.07, 6.45) is 0.0335. The number of hydrogen-bond acceptors (Lipinski definition) is 3. The van der Waals surface area contributed by atoms with Gasteiger partial charge < -0.3 is 15.7 Å². The molecule has 2 rings (SSSR count). The summed E-state index contributed by atoms with van der Waals surface area (Å²) >= 11 is 0. The van der Waals surface area contributed by atoms with Gasteiger partial charge in [0.25, 0.3) is 0 Å². The fraction of sp³-hybridized carbons (Fsp3) is 0.250. The van der Waals surface area contributed by atoms with Gasteiger partial charge in [0.05, 0.1) is 18.9 Å². The molecule has 0 aliphatic rings. The second kappa shape index (κ2) is 8.80. The number of carboxylic acid groups (broad SMARTS) is 1. The van der Waals surface area contributed by atoms with E-state index in [1.165, 1.54) is 6.92 Å². The van der Waals surface area contributed by atoms with Crippen molar-refractivity contribution in [3.05, 3.63) is 65.2 Å². The van der Waals surface area contributed by atoms with Crippen LogP contribution in [-0.4, -0.2) is 22.9 Å². The standard InChI is InChI=1S/C20H22N2O4/c1-13-3-7-16(8-4-13)18(21-14(2)23)12-19(24)22-17-9-5-15(6-10-17)11-20(25)26/h3-10,18H,11-12H2,1-2H3,(H,21,23)(H,22,24)(H,25,26). The van der Waals surface area contributed by atoms with Crippen LogP contribution >= 0.6 is 0 Å². The number of aryl methyl sites for hydroxylation is 1. The molecule has 0 saturated heterocycles. The molecule has 0 radical (unpaired) electrons. The summed E-state index contributed by atoms with van der Waals surface area (Å²) in [5, 5.41) is 14.3. The first kappa shape index (κ1) is 19.2. The van der Waals surface area contributed by atoms with Gasteiger partial charge in [0, 0.05) is 12.6 Å². The van der Waals surface area contributed by atoms with Crippen LogP contribution in [-0.2, 0) is 20.8 Å². The third-order valence-corrected chi connectivity index (χ3v) is 3.84. The summed E-state index contributed by atoms with van der Waals surface area (Å²) in [4.78, 5) is 34.5. The van der Waals surface area contributed by atoms with Gasteiger partial charge in [0.2, 0.25) is 11.8 Å². The van der Waals surface area contributed by atoms with Gasteiger partial charge >= 0.3 is 5.97 Å². The van der Waals surface area contributed by atoms with Crippen molar-refractivity contribution in [1.29, 1.82) is 0 Å². The zero-order chi connectivity index (χ0) is 19.1. The minimum absolute atomic E-state index is 0.0632. The number of hydrogen-bond donors (Lipinski definition) is 3. The predicted molar refractivity (Wildman–Crippen MR) is 98.8 cm³/mol. The van der Waals surface area contributed by atoms with Crippen molar-refractivity contribution in [2.45, 2.75) is 32.7 Å². The minimum atomic E-state index is -0.905. The lowest BCUT2D eigenvalue weighted by Gasteiger charge is -2.18. The highest BCUT2D eigenvalue weighted by molar-refractivity contribution is 5.91. The van der Waals surface area contributed by atoms with Crippen LogP contribution in [0.15, 0.2) is 48.5 Å². The van der Waals surface area contributed by atoms with Gasteiger partial charge in [-0.25, -0.2) is 0 Å². The van der Waals surface area contributed by atoms with Crippen molar-refractivity contribution >= 4 is 23.5 Å². The second-order valence-electron chi connectivity index (χ2n) is 6.18. The summed E-state index contributed by atoms with van der Waals surface area (Å²) in [7, 11) is 0. The van der Waals surface area contributed by atoms with Crippen LogP contribution < -0.4 is 10.6 Å². The van der Waals surface area contributed by atoms with Crippen molar-refractivity contribution in [3.8, 4) is 0 Å². The van der Waals surface area contributed by atoms with Crippen molar-refractivity contribution in [2.24, 2.45) is 0 Å². The molecule has 0 heterocycles. The largest absolute Gasteiger partial charge is 0.481 e. The van der Waals surface area contributed by atoms with E-state index in [9.17, 15) is 14.4 Å². The Labute approximate surface area is 152 Å². The number of carbonyl (C=O) groups is 3. The lowest BCUT2D eigenvalue weighted by Crippen LogP contribution is -2.29. The molecule has 0 fully saturated rings. The molecular weight excluding hydrogens is 332 g/mol. The van der Waals surface area contributed by atoms with E-state index in [1.807, 2.05) is 31.2 Å². The van der Waals surface area contributed by atoms with E-state index in [0.29, 0.717) is 11.3 Å². The number of carboxylic acids is 1. The van der Waals surface area contributed by atoms with Crippen LogP contribution in [0.25, 0.3) is 0 Å². The Morgan fingerprint density at radius 2 is 1.62 bits per heavy atom.